The molecule has 1 unspecified atom stereocenters. The van der Waals surface area contributed by atoms with Crippen molar-refractivity contribution in [2.75, 3.05) is 32.7 Å². The van der Waals surface area contributed by atoms with Crippen LogP contribution in [0.5, 0.6) is 0 Å². The van der Waals surface area contributed by atoms with E-state index in [2.05, 4.69) is 17.5 Å². The minimum absolute atomic E-state index is 0.00432. The zero-order valence-electron chi connectivity index (χ0n) is 18.5. The van der Waals surface area contributed by atoms with Crippen LogP contribution < -0.4 is 5.32 Å². The molecule has 0 radical (unpaired) electrons. The molecule has 3 saturated heterocycles. The van der Waals surface area contributed by atoms with Gasteiger partial charge in [0.15, 0.2) is 0 Å². The van der Waals surface area contributed by atoms with Gasteiger partial charge in [0.1, 0.15) is 6.04 Å². The van der Waals surface area contributed by atoms with Crippen LogP contribution in [-0.2, 0) is 26.2 Å². The number of amides is 2. The average molecular weight is 472 g/mol. The number of rotatable bonds is 5. The Kier molecular flexibility index (Phi) is 5.89. The number of benzene rings is 1. The molecule has 0 aromatic heterocycles. The third-order valence-electron chi connectivity index (χ3n) is 7.43. The lowest BCUT2D eigenvalue weighted by Crippen LogP contribution is -2.57. The highest BCUT2D eigenvalue weighted by atomic mass is 32.2. The summed E-state index contributed by atoms with van der Waals surface area (Å²) in [5, 5.41) is 12.0. The van der Waals surface area contributed by atoms with Crippen molar-refractivity contribution in [1.82, 2.24) is 18.8 Å². The van der Waals surface area contributed by atoms with Crippen molar-refractivity contribution in [3.05, 3.63) is 35.4 Å². The van der Waals surface area contributed by atoms with Gasteiger partial charge < -0.3 is 10.2 Å². The highest BCUT2D eigenvalue weighted by Crippen LogP contribution is 2.34. The minimum atomic E-state index is -3.66. The summed E-state index contributed by atoms with van der Waals surface area (Å²) in [5.74, 6) is -0.947. The summed E-state index contributed by atoms with van der Waals surface area (Å²) in [4.78, 5) is 28.1. The minimum Gasteiger partial charge on any atom is -0.347 e. The lowest BCUT2D eigenvalue weighted by Gasteiger charge is -2.41. The first-order valence-corrected chi connectivity index (χ1v) is 13.1. The molecular formula is C23H29N5O4S. The fourth-order valence-corrected chi connectivity index (χ4v) is 7.21. The smallest absolute Gasteiger partial charge is 0.282 e. The molecule has 4 aliphatic rings. The molecule has 1 aliphatic carbocycles. The van der Waals surface area contributed by atoms with E-state index in [9.17, 15) is 18.0 Å². The number of hydrogen-bond acceptors (Lipinski definition) is 5. The Morgan fingerprint density at radius 1 is 1.03 bits per heavy atom. The van der Waals surface area contributed by atoms with Gasteiger partial charge in [0.2, 0.25) is 11.8 Å². The summed E-state index contributed by atoms with van der Waals surface area (Å²) < 4.78 is 28.5. The highest BCUT2D eigenvalue weighted by Gasteiger charge is 2.44. The predicted molar refractivity (Wildman–Crippen MR) is 120 cm³/mol. The fraction of sp³-hybridized carbons (Fsp3) is 0.609. The first kappa shape index (κ1) is 22.3. The van der Waals surface area contributed by atoms with Crippen LogP contribution in [0.3, 0.4) is 0 Å². The number of nitriles is 1. The Morgan fingerprint density at radius 3 is 2.55 bits per heavy atom. The van der Waals surface area contributed by atoms with Crippen molar-refractivity contribution in [2.24, 2.45) is 11.8 Å². The molecule has 176 valence electrons. The first-order valence-electron chi connectivity index (χ1n) is 11.7. The van der Waals surface area contributed by atoms with Gasteiger partial charge in [-0.05, 0) is 43.2 Å². The maximum Gasteiger partial charge on any atom is 0.282 e. The van der Waals surface area contributed by atoms with Gasteiger partial charge in [-0.3, -0.25) is 9.59 Å². The fourth-order valence-electron chi connectivity index (χ4n) is 5.42. The van der Waals surface area contributed by atoms with Crippen molar-refractivity contribution in [3.63, 3.8) is 0 Å². The second-order valence-corrected chi connectivity index (χ2v) is 11.4. The van der Waals surface area contributed by atoms with Gasteiger partial charge in [-0.15, -0.1) is 0 Å². The topological polar surface area (TPSA) is 114 Å². The third kappa shape index (κ3) is 4.03. The molecule has 1 aromatic carbocycles. The Labute approximate surface area is 194 Å². The van der Waals surface area contributed by atoms with Crippen LogP contribution in [0.25, 0.3) is 0 Å². The quantitative estimate of drug-likeness (QED) is 0.683. The van der Waals surface area contributed by atoms with Crippen molar-refractivity contribution in [3.8, 4) is 6.07 Å². The van der Waals surface area contributed by atoms with Gasteiger partial charge in [-0.25, -0.2) is 0 Å². The molecule has 10 heteroatoms. The molecule has 1 aromatic rings. The lowest BCUT2D eigenvalue weighted by atomic mass is 9.83. The zero-order chi connectivity index (χ0) is 23.2. The maximum absolute atomic E-state index is 13.4. The SMILES string of the molecule is N#CC1CN(S(=O)(=O)N2CCC[C@H](C(=O)N3CCC[C@@H]3C(=O)NC3Cc4ccccc43)C2)C1. The third-order valence-corrected chi connectivity index (χ3v) is 9.36. The summed E-state index contributed by atoms with van der Waals surface area (Å²) in [6.45, 7) is 1.47. The average Bonchev–Trinajstić information content (AvgIpc) is 3.26. The van der Waals surface area contributed by atoms with Gasteiger partial charge in [-0.2, -0.15) is 22.3 Å². The van der Waals surface area contributed by atoms with Crippen LogP contribution in [0, 0.1) is 23.2 Å². The molecule has 0 saturated carbocycles. The number of carbonyl (C=O) groups excluding carboxylic acids is 2. The van der Waals surface area contributed by atoms with Crippen LogP contribution in [-0.4, -0.2) is 72.5 Å². The Bertz CT molecular complexity index is 1090. The number of likely N-dealkylation sites (tertiary alicyclic amines) is 1. The molecule has 9 nitrogen and oxygen atoms in total. The van der Waals surface area contributed by atoms with Crippen LogP contribution in [0.4, 0.5) is 0 Å². The van der Waals surface area contributed by atoms with Crippen LogP contribution in [0.15, 0.2) is 24.3 Å². The second-order valence-electron chi connectivity index (χ2n) is 9.50. The van der Waals surface area contributed by atoms with Crippen molar-refractivity contribution >= 4 is 22.0 Å². The Morgan fingerprint density at radius 2 is 1.79 bits per heavy atom. The molecule has 2 amide bonds. The van der Waals surface area contributed by atoms with E-state index in [4.69, 9.17) is 5.26 Å². The van der Waals surface area contributed by atoms with Gasteiger partial charge in [0.25, 0.3) is 10.2 Å². The monoisotopic (exact) mass is 471 g/mol. The molecule has 3 fully saturated rings. The highest BCUT2D eigenvalue weighted by molar-refractivity contribution is 7.86. The predicted octanol–water partition coefficient (Wildman–Crippen LogP) is 0.803. The van der Waals surface area contributed by atoms with Gasteiger partial charge in [-0.1, -0.05) is 24.3 Å². The lowest BCUT2D eigenvalue weighted by molar-refractivity contribution is -0.142. The number of nitrogens with one attached hydrogen (secondary N) is 1. The van der Waals surface area contributed by atoms with E-state index in [0.29, 0.717) is 32.4 Å². The molecule has 1 N–H and O–H groups in total. The van der Waals surface area contributed by atoms with Crippen molar-refractivity contribution in [2.45, 2.75) is 44.2 Å². The summed E-state index contributed by atoms with van der Waals surface area (Å²) >= 11 is 0. The molecule has 5 rings (SSSR count). The van der Waals surface area contributed by atoms with Gasteiger partial charge in [0.05, 0.1) is 23.9 Å². The van der Waals surface area contributed by atoms with E-state index in [1.807, 2.05) is 18.2 Å². The Hall–Kier alpha value is -2.48. The van der Waals surface area contributed by atoms with E-state index >= 15 is 0 Å². The number of carbonyl (C=O) groups is 2. The number of hydrogen-bond donors (Lipinski definition) is 1. The van der Waals surface area contributed by atoms with Crippen LogP contribution in [0.1, 0.15) is 42.9 Å². The normalized spacial score (nSPS) is 28.3. The van der Waals surface area contributed by atoms with E-state index in [1.165, 1.54) is 14.2 Å². The maximum atomic E-state index is 13.4. The molecule has 3 atom stereocenters. The molecule has 0 bridgehead atoms. The summed E-state index contributed by atoms with van der Waals surface area (Å²) in [6, 6.07) is 9.63. The van der Waals surface area contributed by atoms with Gasteiger partial charge in [0, 0.05) is 32.7 Å². The van der Waals surface area contributed by atoms with E-state index in [-0.39, 0.29) is 43.4 Å². The zero-order valence-corrected chi connectivity index (χ0v) is 19.3. The standard InChI is InChI=1S/C23H29N5O4S/c24-12-16-13-27(14-16)33(31,32)26-9-3-6-18(15-26)23(30)28-10-4-8-21(28)22(29)25-20-11-17-5-1-2-7-19(17)20/h1-2,5,7,16,18,20-21H,3-4,6,8-11,13-15H2,(H,25,29)/t18-,20?,21+/m0/s1. The largest absolute Gasteiger partial charge is 0.347 e. The molecule has 3 heterocycles. The van der Waals surface area contributed by atoms with E-state index in [0.717, 1.165) is 18.4 Å². The number of nitrogens with zero attached hydrogens (tertiary/aromatic N) is 4. The number of fused-ring (bicyclic) bond motifs is 1. The molecule has 0 spiro atoms. The first-order chi connectivity index (χ1) is 15.9. The van der Waals surface area contributed by atoms with Gasteiger partial charge >= 0.3 is 0 Å². The molecule has 3 aliphatic heterocycles. The molecular weight excluding hydrogens is 442 g/mol. The van der Waals surface area contributed by atoms with Crippen molar-refractivity contribution < 1.29 is 18.0 Å². The second kappa shape index (κ2) is 8.70. The number of piperidine rings is 1. The van der Waals surface area contributed by atoms with Crippen LogP contribution in [0.2, 0.25) is 0 Å². The van der Waals surface area contributed by atoms with Crippen LogP contribution >= 0.6 is 0 Å². The Balaban J connectivity index is 1.21. The summed E-state index contributed by atoms with van der Waals surface area (Å²) in [6.07, 6.45) is 3.43. The van der Waals surface area contributed by atoms with E-state index in [1.54, 1.807) is 4.90 Å². The molecule has 33 heavy (non-hydrogen) atoms. The van der Waals surface area contributed by atoms with E-state index < -0.39 is 22.2 Å². The summed E-state index contributed by atoms with van der Waals surface area (Å²) in [7, 11) is -3.66. The van der Waals surface area contributed by atoms with Crippen molar-refractivity contribution in [1.29, 1.82) is 5.26 Å². The summed E-state index contributed by atoms with van der Waals surface area (Å²) in [5.41, 5.74) is 2.38.